The highest BCUT2D eigenvalue weighted by Gasteiger charge is 2.60. The first-order chi connectivity index (χ1) is 34.4. The van der Waals surface area contributed by atoms with Crippen molar-refractivity contribution in [3.63, 3.8) is 0 Å². The zero-order valence-corrected chi connectivity index (χ0v) is 41.4. The third-order valence-electron chi connectivity index (χ3n) is 14.1. The SMILES string of the molecule is C[C@H](CC(=O)C1CC1)c1ccc(Br)cc1.C[C@H](CC(=O)C1CC1)c1ccc(N2CCC(c3cc(C(F)(F)F)cc(C(F)(F)F)c3)(C(F)(F)F)C2)cc1.FC(F)(F)c1cc(C(F)(F)F)cc(C2(C(F)(F)F)CCNC2)c1. The summed E-state index contributed by atoms with van der Waals surface area (Å²) in [6.07, 6.45) is -27.2. The minimum absolute atomic E-state index is 0.0964. The number of halogens is 19. The molecule has 4 aromatic rings. The van der Waals surface area contributed by atoms with Crippen molar-refractivity contribution in [1.29, 1.82) is 0 Å². The van der Waals surface area contributed by atoms with Gasteiger partial charge >= 0.3 is 37.1 Å². The van der Waals surface area contributed by atoms with Crippen LogP contribution >= 0.6 is 15.9 Å². The van der Waals surface area contributed by atoms with Crippen LogP contribution in [0, 0.1) is 11.8 Å². The number of nitrogens with one attached hydrogen (secondary N) is 1. The Balaban J connectivity index is 0.000000204. The van der Waals surface area contributed by atoms with Crippen molar-refractivity contribution in [3.05, 3.63) is 134 Å². The average molecular weight is 1160 g/mol. The molecule has 8 rings (SSSR count). The largest absolute Gasteiger partial charge is 0.416 e. The minimum atomic E-state index is -5.26. The second-order valence-electron chi connectivity index (χ2n) is 19.7. The highest BCUT2D eigenvalue weighted by atomic mass is 79.9. The topological polar surface area (TPSA) is 49.4 Å². The second-order valence-corrected chi connectivity index (χ2v) is 20.6. The van der Waals surface area contributed by atoms with Gasteiger partial charge in [-0.15, -0.1) is 0 Å². The molecule has 0 amide bonds. The summed E-state index contributed by atoms with van der Waals surface area (Å²) in [7, 11) is 0. The van der Waals surface area contributed by atoms with E-state index in [4.69, 9.17) is 0 Å². The Hall–Kier alpha value is -4.80. The molecule has 4 fully saturated rings. The van der Waals surface area contributed by atoms with Gasteiger partial charge in [-0.25, -0.2) is 0 Å². The molecule has 0 bridgehead atoms. The Morgan fingerprint density at radius 2 is 0.907 bits per heavy atom. The van der Waals surface area contributed by atoms with Crippen LogP contribution in [0.5, 0.6) is 0 Å². The molecule has 75 heavy (non-hydrogen) atoms. The molecule has 0 spiro atoms. The van der Waals surface area contributed by atoms with Crippen molar-refractivity contribution < 1.29 is 88.6 Å². The number of rotatable bonds is 11. The Morgan fingerprint density at radius 1 is 0.547 bits per heavy atom. The summed E-state index contributed by atoms with van der Waals surface area (Å²) in [6, 6.07) is 15.0. The number of hydrogen-bond donors (Lipinski definition) is 1. The molecule has 2 aliphatic heterocycles. The van der Waals surface area contributed by atoms with E-state index >= 15 is 0 Å². The Morgan fingerprint density at radius 3 is 1.23 bits per heavy atom. The summed E-state index contributed by atoms with van der Waals surface area (Å²) in [6.45, 7) is 2.03. The fraction of sp³-hybridized carbons (Fsp3) is 0.500. The first kappa shape index (κ1) is 59.4. The van der Waals surface area contributed by atoms with Crippen molar-refractivity contribution in [2.75, 3.05) is 31.1 Å². The molecule has 2 saturated carbocycles. The fourth-order valence-corrected chi connectivity index (χ4v) is 9.52. The van der Waals surface area contributed by atoms with Gasteiger partial charge in [0.2, 0.25) is 0 Å². The van der Waals surface area contributed by atoms with Gasteiger partial charge in [-0.05, 0) is 140 Å². The maximum atomic E-state index is 14.4. The van der Waals surface area contributed by atoms with E-state index in [-0.39, 0.29) is 67.1 Å². The smallest absolute Gasteiger partial charge is 0.370 e. The van der Waals surface area contributed by atoms with Crippen LogP contribution in [-0.4, -0.2) is 50.1 Å². The van der Waals surface area contributed by atoms with Crippen LogP contribution in [0.2, 0.25) is 0 Å². The number of Topliss-reactive ketones (excluding diaryl/α,β-unsaturated/α-hetero) is 2. The Kier molecular flexibility index (Phi) is 17.4. The first-order valence-electron chi connectivity index (χ1n) is 23.5. The number of ketones is 2. The molecule has 2 heterocycles. The molecule has 0 radical (unpaired) electrons. The predicted octanol–water partition coefficient (Wildman–Crippen LogP) is 16.3. The van der Waals surface area contributed by atoms with Gasteiger partial charge in [-0.2, -0.15) is 79.0 Å². The van der Waals surface area contributed by atoms with Crippen molar-refractivity contribution in [2.24, 2.45) is 11.8 Å². The maximum absolute atomic E-state index is 14.4. The first-order valence-corrected chi connectivity index (χ1v) is 24.3. The molecule has 1 N–H and O–H groups in total. The zero-order valence-electron chi connectivity index (χ0n) is 39.8. The molecular formula is C52H49BrF18N2O2. The lowest BCUT2D eigenvalue weighted by atomic mass is 9.77. The van der Waals surface area contributed by atoms with Gasteiger partial charge in [0.15, 0.2) is 0 Å². The van der Waals surface area contributed by atoms with E-state index in [0.717, 1.165) is 35.7 Å². The number of anilines is 1. The van der Waals surface area contributed by atoms with E-state index < -0.39 is 107 Å². The van der Waals surface area contributed by atoms with E-state index in [1.807, 2.05) is 19.1 Å². The average Bonchev–Trinajstić information content (AvgIpc) is 4.24. The molecule has 4 aromatic carbocycles. The fourth-order valence-electron chi connectivity index (χ4n) is 9.26. The Bertz CT molecular complexity index is 2560. The van der Waals surface area contributed by atoms with Crippen LogP contribution in [0.25, 0.3) is 0 Å². The van der Waals surface area contributed by atoms with E-state index in [1.165, 1.54) is 10.5 Å². The zero-order chi connectivity index (χ0) is 55.9. The number of carbonyl (C=O) groups is 2. The number of hydrogen-bond acceptors (Lipinski definition) is 4. The number of alkyl halides is 18. The van der Waals surface area contributed by atoms with Gasteiger partial charge in [0, 0.05) is 54.5 Å². The van der Waals surface area contributed by atoms with Gasteiger partial charge in [0.25, 0.3) is 0 Å². The van der Waals surface area contributed by atoms with Gasteiger partial charge < -0.3 is 10.2 Å². The van der Waals surface area contributed by atoms with Crippen molar-refractivity contribution in [3.8, 4) is 0 Å². The monoisotopic (exact) mass is 1150 g/mol. The third-order valence-corrected chi connectivity index (χ3v) is 14.7. The summed E-state index contributed by atoms with van der Waals surface area (Å²) in [4.78, 5) is 25.0. The highest BCUT2D eigenvalue weighted by Crippen LogP contribution is 2.52. The number of nitrogens with zero attached hydrogens (tertiary/aromatic N) is 1. The van der Waals surface area contributed by atoms with Crippen LogP contribution in [0.4, 0.5) is 84.7 Å². The summed E-state index contributed by atoms with van der Waals surface area (Å²) >= 11 is 3.41. The molecular weight excluding hydrogens is 1110 g/mol. The van der Waals surface area contributed by atoms with Crippen LogP contribution in [0.1, 0.15) is 122 Å². The van der Waals surface area contributed by atoms with Crippen LogP contribution in [0.15, 0.2) is 89.4 Å². The molecule has 2 saturated heterocycles. The number of carbonyl (C=O) groups excluding carboxylic acids is 2. The van der Waals surface area contributed by atoms with Gasteiger partial charge in [0.05, 0.1) is 22.3 Å². The maximum Gasteiger partial charge on any atom is 0.416 e. The van der Waals surface area contributed by atoms with E-state index in [2.05, 4.69) is 40.3 Å². The van der Waals surface area contributed by atoms with Crippen LogP contribution in [0.3, 0.4) is 0 Å². The highest BCUT2D eigenvalue weighted by molar-refractivity contribution is 9.10. The normalized spacial score (nSPS) is 21.4. The summed E-state index contributed by atoms with van der Waals surface area (Å²) in [5, 5.41) is 2.35. The number of benzene rings is 4. The van der Waals surface area contributed by atoms with Gasteiger partial charge in [-0.3, -0.25) is 9.59 Å². The van der Waals surface area contributed by atoms with Crippen LogP contribution < -0.4 is 10.2 Å². The summed E-state index contributed by atoms with van der Waals surface area (Å²) in [5.74, 6) is 1.38. The molecule has 2 unspecified atom stereocenters. The molecule has 23 heteroatoms. The molecule has 4 nitrogen and oxygen atoms in total. The molecule has 4 aliphatic rings. The third kappa shape index (κ3) is 14.4. The lowest BCUT2D eigenvalue weighted by Gasteiger charge is -2.33. The Labute approximate surface area is 427 Å². The van der Waals surface area contributed by atoms with E-state index in [9.17, 15) is 88.6 Å². The molecule has 2 aliphatic carbocycles. The van der Waals surface area contributed by atoms with Crippen molar-refractivity contribution in [1.82, 2.24) is 5.32 Å². The second kappa shape index (κ2) is 21.9. The molecule has 0 aromatic heterocycles. The summed E-state index contributed by atoms with van der Waals surface area (Å²) in [5.41, 5.74) is -12.4. The molecule has 412 valence electrons. The molecule has 4 atom stereocenters. The lowest BCUT2D eigenvalue weighted by Crippen LogP contribution is -2.45. The van der Waals surface area contributed by atoms with Crippen molar-refractivity contribution >= 4 is 33.2 Å². The van der Waals surface area contributed by atoms with Gasteiger partial charge in [0.1, 0.15) is 22.4 Å². The summed E-state index contributed by atoms with van der Waals surface area (Å²) < 4.78 is 241. The standard InChI is InChI=1S/C26H24F9NO.C13H15BrO.C13H10F9N/c1-15(10-22(37)17-2-3-17)16-4-6-21(7-5-16)36-9-8-23(14-36,26(33,34)35)18-11-19(24(27,28)29)13-20(12-18)25(30,31)32;1-9(8-13(15)11-2-3-11)10-4-6-12(14)7-5-10;14-11(15,16)8-3-7(4-9(5-8)12(17,18)19)10(13(20,21)22)1-2-23-6-10/h4-7,11-13,15,17H,2-3,8-10,14H2,1H3;4-7,9,11H,2-3,8H2,1H3;3-5,23H,1-2,6H2/t15-,23?;9-;/m11./s1. The van der Waals surface area contributed by atoms with Crippen LogP contribution in [-0.2, 0) is 45.1 Å². The van der Waals surface area contributed by atoms with Crippen molar-refractivity contribution in [2.45, 2.75) is 125 Å². The van der Waals surface area contributed by atoms with E-state index in [1.54, 1.807) is 24.3 Å². The lowest BCUT2D eigenvalue weighted by molar-refractivity contribution is -0.186. The predicted molar refractivity (Wildman–Crippen MR) is 245 cm³/mol. The van der Waals surface area contributed by atoms with E-state index in [0.29, 0.717) is 36.1 Å². The quantitative estimate of drug-likeness (QED) is 0.152. The minimum Gasteiger partial charge on any atom is -0.370 e. The van der Waals surface area contributed by atoms with Gasteiger partial charge in [-0.1, -0.05) is 54.0 Å².